The van der Waals surface area contributed by atoms with E-state index in [1.54, 1.807) is 0 Å². The molecule has 0 bridgehead atoms. The topological polar surface area (TPSA) is 68.0 Å². The van der Waals surface area contributed by atoms with Gasteiger partial charge in [0.15, 0.2) is 0 Å². The van der Waals surface area contributed by atoms with Crippen molar-refractivity contribution < 1.29 is 20.2 Å². The first-order valence-corrected chi connectivity index (χ1v) is 9.00. The van der Waals surface area contributed by atoms with Crippen molar-refractivity contribution >= 4 is 0 Å². The third-order valence-electron chi connectivity index (χ3n) is 7.10. The van der Waals surface area contributed by atoms with Gasteiger partial charge in [-0.05, 0) is 56.8 Å². The van der Waals surface area contributed by atoms with Gasteiger partial charge in [0, 0.05) is 11.8 Å². The summed E-state index contributed by atoms with van der Waals surface area (Å²) in [5.74, 6) is 1.85. The Labute approximate surface area is 127 Å². The molecule has 3 N–H and O–H groups in total. The summed E-state index contributed by atoms with van der Waals surface area (Å²) in [4.78, 5) is 1.50. The highest BCUT2D eigenvalue weighted by atomic mass is 16.3. The molecule has 2 saturated carbocycles. The maximum atomic E-state index is 13.2. The van der Waals surface area contributed by atoms with Crippen molar-refractivity contribution in [2.24, 2.45) is 23.7 Å². The summed E-state index contributed by atoms with van der Waals surface area (Å²) < 4.78 is 0. The zero-order valence-corrected chi connectivity index (χ0v) is 12.8. The lowest BCUT2D eigenvalue weighted by Crippen LogP contribution is -3.22. The zero-order valence-electron chi connectivity index (χ0n) is 12.8. The van der Waals surface area contributed by atoms with Crippen LogP contribution in [0, 0.1) is 23.7 Å². The van der Waals surface area contributed by atoms with Gasteiger partial charge in [-0.1, -0.05) is 6.10 Å². The van der Waals surface area contributed by atoms with Crippen molar-refractivity contribution in [3.05, 3.63) is 0 Å². The molecule has 2 heterocycles. The average Bonchev–Trinajstić information content (AvgIpc) is 2.46. The summed E-state index contributed by atoms with van der Waals surface area (Å²) >= 11 is 0. The predicted octanol–water partition coefficient (Wildman–Crippen LogP) is -1.06. The molecule has 0 aromatic carbocycles. The Bertz CT molecular complexity index is 390. The van der Waals surface area contributed by atoms with Crippen LogP contribution in [0.3, 0.4) is 0 Å². The molecule has 4 aliphatic rings. The lowest BCUT2D eigenvalue weighted by Gasteiger charge is -2.59. The van der Waals surface area contributed by atoms with Crippen LogP contribution < -0.4 is 10.0 Å². The first-order valence-electron chi connectivity index (χ1n) is 9.00. The number of rotatable bonds is 0. The van der Waals surface area contributed by atoms with Crippen molar-refractivity contribution in [1.82, 2.24) is 0 Å². The Morgan fingerprint density at radius 3 is 2.43 bits per heavy atom. The van der Waals surface area contributed by atoms with Crippen molar-refractivity contribution in [3.8, 4) is 0 Å². The van der Waals surface area contributed by atoms with Gasteiger partial charge < -0.3 is 20.2 Å². The van der Waals surface area contributed by atoms with Crippen molar-refractivity contribution in [1.29, 1.82) is 0 Å². The Balaban J connectivity index is 1.56. The fourth-order valence-corrected chi connectivity index (χ4v) is 6.13. The number of quaternary nitrogens is 1. The summed E-state index contributed by atoms with van der Waals surface area (Å²) in [6.07, 6.45) is 5.91. The minimum Gasteiger partial charge on any atom is -0.848 e. The maximum absolute atomic E-state index is 13.2. The molecular formula is C17H29NO3. The summed E-state index contributed by atoms with van der Waals surface area (Å²) in [5, 5.41) is 33.1. The maximum Gasteiger partial charge on any atom is 0.0804 e. The zero-order chi connectivity index (χ0) is 14.6. The highest BCUT2D eigenvalue weighted by Crippen LogP contribution is 2.41. The van der Waals surface area contributed by atoms with Crippen LogP contribution in [0.1, 0.15) is 44.9 Å². The first kappa shape index (κ1) is 14.4. The van der Waals surface area contributed by atoms with Crippen molar-refractivity contribution in [2.45, 2.75) is 69.3 Å². The van der Waals surface area contributed by atoms with E-state index in [4.69, 9.17) is 0 Å². The van der Waals surface area contributed by atoms with Gasteiger partial charge in [0.05, 0.1) is 31.3 Å². The second kappa shape index (κ2) is 5.48. The van der Waals surface area contributed by atoms with Gasteiger partial charge in [-0.2, -0.15) is 0 Å². The monoisotopic (exact) mass is 295 g/mol. The molecule has 2 aliphatic carbocycles. The van der Waals surface area contributed by atoms with Crippen LogP contribution >= 0.6 is 0 Å². The molecule has 0 aromatic rings. The van der Waals surface area contributed by atoms with E-state index in [1.807, 2.05) is 0 Å². The number of hydrogen-bond donors (Lipinski definition) is 3. The smallest absolute Gasteiger partial charge is 0.0804 e. The largest absolute Gasteiger partial charge is 0.848 e. The van der Waals surface area contributed by atoms with Gasteiger partial charge >= 0.3 is 0 Å². The van der Waals surface area contributed by atoms with E-state index in [2.05, 4.69) is 0 Å². The molecule has 120 valence electrons. The van der Waals surface area contributed by atoms with E-state index in [9.17, 15) is 15.3 Å². The number of aliphatic hydroxyl groups excluding tert-OH is 2. The van der Waals surface area contributed by atoms with Crippen LogP contribution in [0.5, 0.6) is 0 Å². The molecule has 0 amide bonds. The molecule has 4 rings (SSSR count). The second-order valence-electron chi connectivity index (χ2n) is 8.17. The van der Waals surface area contributed by atoms with E-state index in [-0.39, 0.29) is 24.2 Å². The Hall–Kier alpha value is -0.160. The van der Waals surface area contributed by atoms with Crippen molar-refractivity contribution in [2.75, 3.05) is 13.1 Å². The van der Waals surface area contributed by atoms with E-state index in [1.165, 1.54) is 11.3 Å². The fraction of sp³-hybridized carbons (Fsp3) is 1.00. The third-order valence-corrected chi connectivity index (χ3v) is 7.10. The summed E-state index contributed by atoms with van der Waals surface area (Å²) in [5.41, 5.74) is 0. The highest BCUT2D eigenvalue weighted by Gasteiger charge is 2.51. The minimum absolute atomic E-state index is 0.177. The van der Waals surface area contributed by atoms with E-state index in [0.29, 0.717) is 17.8 Å². The molecule has 2 aliphatic heterocycles. The molecule has 4 fully saturated rings. The molecule has 21 heavy (non-hydrogen) atoms. The van der Waals surface area contributed by atoms with Gasteiger partial charge in [0.25, 0.3) is 0 Å². The SMILES string of the molecule is [O-]C1C2CCC(O)CC2C[NH+]2CCC3CCC(O)CC3C12. The summed E-state index contributed by atoms with van der Waals surface area (Å²) in [7, 11) is 0. The van der Waals surface area contributed by atoms with Gasteiger partial charge in [0.2, 0.25) is 0 Å². The van der Waals surface area contributed by atoms with Gasteiger partial charge in [0.1, 0.15) is 0 Å². The van der Waals surface area contributed by atoms with Gasteiger partial charge in [-0.15, -0.1) is 0 Å². The molecule has 4 nitrogen and oxygen atoms in total. The lowest BCUT2D eigenvalue weighted by molar-refractivity contribution is -0.959. The molecule has 0 radical (unpaired) electrons. The van der Waals surface area contributed by atoms with Crippen LogP contribution in [0.2, 0.25) is 0 Å². The first-order chi connectivity index (χ1) is 10.1. The third kappa shape index (κ3) is 2.44. The summed E-state index contributed by atoms with van der Waals surface area (Å²) in [6.45, 7) is 2.23. The Morgan fingerprint density at radius 2 is 1.57 bits per heavy atom. The standard InChI is InChI=1S/C17H28NO3/c19-12-3-4-14-11(7-12)9-18-6-5-10-1-2-13(20)8-15(10)16(18)17(14)21/h10-17,19-20H,1-9H2/q-1/p+1. The number of nitrogens with one attached hydrogen (secondary N) is 1. The molecule has 9 unspecified atom stereocenters. The van der Waals surface area contributed by atoms with E-state index < -0.39 is 6.10 Å². The predicted molar refractivity (Wildman–Crippen MR) is 76.6 cm³/mol. The minimum atomic E-state index is -0.468. The van der Waals surface area contributed by atoms with Crippen LogP contribution in [-0.4, -0.2) is 47.7 Å². The Morgan fingerprint density at radius 1 is 0.810 bits per heavy atom. The van der Waals surface area contributed by atoms with Crippen LogP contribution in [0.4, 0.5) is 0 Å². The molecule has 0 aromatic heterocycles. The molecule has 2 saturated heterocycles. The molecule has 0 spiro atoms. The van der Waals surface area contributed by atoms with E-state index >= 15 is 0 Å². The fourth-order valence-electron chi connectivity index (χ4n) is 6.13. The Kier molecular flexibility index (Phi) is 3.77. The summed E-state index contributed by atoms with van der Waals surface area (Å²) in [6, 6.07) is 0.232. The molecular weight excluding hydrogens is 266 g/mol. The molecule has 4 heteroatoms. The molecule has 9 atom stereocenters. The number of hydrogen-bond acceptors (Lipinski definition) is 3. The van der Waals surface area contributed by atoms with E-state index in [0.717, 1.165) is 51.6 Å². The van der Waals surface area contributed by atoms with Crippen LogP contribution in [0.15, 0.2) is 0 Å². The second-order valence-corrected chi connectivity index (χ2v) is 8.17. The average molecular weight is 295 g/mol. The highest BCUT2D eigenvalue weighted by molar-refractivity contribution is 4.96. The van der Waals surface area contributed by atoms with Gasteiger partial charge in [-0.3, -0.25) is 0 Å². The van der Waals surface area contributed by atoms with Crippen LogP contribution in [0.25, 0.3) is 0 Å². The number of aliphatic hydroxyl groups is 2. The quantitative estimate of drug-likeness (QED) is 0.534. The van der Waals surface area contributed by atoms with Gasteiger partial charge in [-0.25, -0.2) is 0 Å². The lowest BCUT2D eigenvalue weighted by atomic mass is 9.62. The van der Waals surface area contributed by atoms with Crippen LogP contribution in [-0.2, 0) is 0 Å². The van der Waals surface area contributed by atoms with Crippen molar-refractivity contribution in [3.63, 3.8) is 0 Å². The number of fused-ring (bicyclic) bond motifs is 4. The normalized spacial score (nSPS) is 57.0. The number of piperidine rings is 2.